The van der Waals surface area contributed by atoms with Gasteiger partial charge in [-0.15, -0.1) is 0 Å². The lowest BCUT2D eigenvalue weighted by Gasteiger charge is -2.26. The van der Waals surface area contributed by atoms with Crippen LogP contribution in [0.25, 0.3) is 0 Å². The number of ether oxygens (including phenoxy) is 4. The smallest absolute Gasteiger partial charge is 0.320 e. The van der Waals surface area contributed by atoms with E-state index in [1.807, 2.05) is 18.2 Å². The van der Waals surface area contributed by atoms with Crippen LogP contribution >= 0.6 is 11.6 Å². The molecule has 7 rings (SSSR count). The third-order valence-electron chi connectivity index (χ3n) is 9.25. The first kappa shape index (κ1) is 40.3. The minimum Gasteiger partial charge on any atom is -0.476 e. The number of morpholine rings is 1. The molecule has 3 aliphatic rings. The quantitative estimate of drug-likeness (QED) is 0.122. The fourth-order valence-corrected chi connectivity index (χ4v) is 6.19. The van der Waals surface area contributed by atoms with Gasteiger partial charge in [-0.1, -0.05) is 50.4 Å². The minimum atomic E-state index is -0.0772. The first-order chi connectivity index (χ1) is 27.2. The summed E-state index contributed by atoms with van der Waals surface area (Å²) in [6, 6.07) is 7.65. The number of pyridine rings is 2. The Bertz CT molecular complexity index is 1950. The molecule has 0 atom stereocenters. The number of aromatic nitrogens is 6. The second-order valence-electron chi connectivity index (χ2n) is 13.4. The Kier molecular flexibility index (Phi) is 14.0. The zero-order valence-corrected chi connectivity index (χ0v) is 32.5. The maximum absolute atomic E-state index is 12.6. The number of hydrogen-bond donors (Lipinski definition) is 2. The number of nitrogens with two attached hydrogens (primary N) is 2. The van der Waals surface area contributed by atoms with Crippen LogP contribution in [0, 0.1) is 0 Å². The number of fused-ring (bicyclic) bond motifs is 2. The van der Waals surface area contributed by atoms with Crippen molar-refractivity contribution >= 4 is 46.7 Å². The van der Waals surface area contributed by atoms with E-state index in [-0.39, 0.29) is 42.5 Å². The number of anilines is 4. The Hall–Kier alpha value is -5.39. The Morgan fingerprint density at radius 3 is 1.73 bits per heavy atom. The molecule has 0 radical (unpaired) electrons. The molecule has 4 N–H and O–H groups in total. The standard InChI is InChI=1S/C22H30N6O4.C16H18ClN5O2/c1-2-3-9-32-22-25-20(23)17-13-19(29)28(21(17)26-22)15-16-4-5-18(24-14-16)31-12-8-27-6-10-30-11-7-27;1-2-3-6-24-16-20-14(18)11-7-13(23)22(15(11)21-16)9-10-4-5-12(17)19-8-10/h4-5,14H,2-3,6-13,15H2,1H3,(H2,23,25,26);4-5,8H,2-3,6-7,9H2,1H3,(H2,18,20,21). The van der Waals surface area contributed by atoms with Crippen molar-refractivity contribution in [2.24, 2.45) is 0 Å². The van der Waals surface area contributed by atoms with Gasteiger partial charge in [0.15, 0.2) is 0 Å². The summed E-state index contributed by atoms with van der Waals surface area (Å²) in [6.07, 6.45) is 7.55. The van der Waals surface area contributed by atoms with Crippen molar-refractivity contribution in [2.45, 2.75) is 65.5 Å². The lowest BCUT2D eigenvalue weighted by Crippen LogP contribution is -2.38. The van der Waals surface area contributed by atoms with E-state index in [4.69, 9.17) is 42.0 Å². The van der Waals surface area contributed by atoms with E-state index in [0.29, 0.717) is 72.5 Å². The van der Waals surface area contributed by atoms with Crippen LogP contribution in [-0.4, -0.2) is 99.3 Å². The lowest BCUT2D eigenvalue weighted by molar-refractivity contribution is -0.118. The van der Waals surface area contributed by atoms with Gasteiger partial charge in [-0.25, -0.2) is 9.97 Å². The number of halogens is 1. The van der Waals surface area contributed by atoms with Gasteiger partial charge in [0.05, 0.1) is 52.4 Å². The average molecular weight is 790 g/mol. The zero-order valence-electron chi connectivity index (χ0n) is 31.8. The van der Waals surface area contributed by atoms with E-state index in [1.54, 1.807) is 28.3 Å². The number of amides is 2. The van der Waals surface area contributed by atoms with Gasteiger partial charge in [0.1, 0.15) is 35.0 Å². The number of carbonyl (C=O) groups is 2. The molecule has 4 aromatic rings. The summed E-state index contributed by atoms with van der Waals surface area (Å²) >= 11 is 5.79. The normalized spacial score (nSPS) is 15.0. The Balaban J connectivity index is 0.000000198. The number of unbranched alkanes of at least 4 members (excludes halogenated alkanes) is 2. The zero-order chi connectivity index (χ0) is 39.4. The molecule has 0 spiro atoms. The Morgan fingerprint density at radius 1 is 0.714 bits per heavy atom. The highest BCUT2D eigenvalue weighted by molar-refractivity contribution is 6.29. The SMILES string of the molecule is CCCCOc1nc(N)c2c(n1)N(Cc1ccc(Cl)nc1)C(=O)C2.CCCCOc1nc(N)c2c(n1)N(Cc1ccc(OCCN3CCOCC3)nc1)C(=O)C2. The van der Waals surface area contributed by atoms with Gasteiger partial charge in [-0.2, -0.15) is 19.9 Å². The predicted octanol–water partition coefficient (Wildman–Crippen LogP) is 3.81. The van der Waals surface area contributed by atoms with Crippen molar-refractivity contribution in [2.75, 3.05) is 73.9 Å². The third-order valence-corrected chi connectivity index (χ3v) is 9.47. The summed E-state index contributed by atoms with van der Waals surface area (Å²) in [6.45, 7) is 10.7. The molecule has 0 unspecified atom stereocenters. The average Bonchev–Trinajstić information content (AvgIpc) is 3.69. The molecule has 0 saturated carbocycles. The molecule has 1 fully saturated rings. The van der Waals surface area contributed by atoms with Crippen molar-refractivity contribution in [3.05, 3.63) is 64.1 Å². The summed E-state index contributed by atoms with van der Waals surface area (Å²) in [5.74, 6) is 2.02. The fourth-order valence-electron chi connectivity index (χ4n) is 6.08. The van der Waals surface area contributed by atoms with Gasteiger partial charge >= 0.3 is 12.0 Å². The molecule has 3 aliphatic heterocycles. The second-order valence-corrected chi connectivity index (χ2v) is 13.8. The van der Waals surface area contributed by atoms with Crippen molar-refractivity contribution < 1.29 is 28.5 Å². The molecule has 7 heterocycles. The molecule has 298 valence electrons. The Labute approximate surface area is 330 Å². The number of nitrogen functional groups attached to an aromatic ring is 2. The van der Waals surface area contributed by atoms with E-state index in [9.17, 15) is 9.59 Å². The highest BCUT2D eigenvalue weighted by atomic mass is 35.5. The first-order valence-corrected chi connectivity index (χ1v) is 19.3. The Morgan fingerprint density at radius 2 is 1.25 bits per heavy atom. The number of rotatable bonds is 16. The van der Waals surface area contributed by atoms with Crippen LogP contribution in [0.3, 0.4) is 0 Å². The van der Waals surface area contributed by atoms with Crippen LogP contribution in [0.5, 0.6) is 17.9 Å². The van der Waals surface area contributed by atoms with Crippen LogP contribution in [0.1, 0.15) is 61.8 Å². The van der Waals surface area contributed by atoms with Crippen LogP contribution < -0.4 is 35.5 Å². The van der Waals surface area contributed by atoms with Crippen molar-refractivity contribution in [3.63, 3.8) is 0 Å². The van der Waals surface area contributed by atoms with Gasteiger partial charge < -0.3 is 30.4 Å². The highest BCUT2D eigenvalue weighted by Crippen LogP contribution is 2.34. The number of nitrogens with zero attached hydrogens (tertiary/aromatic N) is 9. The molecule has 56 heavy (non-hydrogen) atoms. The van der Waals surface area contributed by atoms with Crippen LogP contribution in [0.2, 0.25) is 5.15 Å². The van der Waals surface area contributed by atoms with Gasteiger partial charge in [0, 0.05) is 49.2 Å². The summed E-state index contributed by atoms with van der Waals surface area (Å²) in [7, 11) is 0. The van der Waals surface area contributed by atoms with E-state index < -0.39 is 0 Å². The summed E-state index contributed by atoms with van der Waals surface area (Å²) in [5, 5.41) is 0.407. The fraction of sp³-hybridized carbons (Fsp3) is 0.474. The molecule has 2 amide bonds. The topological polar surface area (TPSA) is 210 Å². The molecule has 0 aliphatic carbocycles. The first-order valence-electron chi connectivity index (χ1n) is 18.9. The molecule has 17 nitrogen and oxygen atoms in total. The monoisotopic (exact) mass is 789 g/mol. The predicted molar refractivity (Wildman–Crippen MR) is 210 cm³/mol. The lowest BCUT2D eigenvalue weighted by atomic mass is 10.2. The van der Waals surface area contributed by atoms with Gasteiger partial charge in [-0.3, -0.25) is 24.3 Å². The van der Waals surface area contributed by atoms with E-state index in [0.717, 1.165) is 69.7 Å². The van der Waals surface area contributed by atoms with E-state index >= 15 is 0 Å². The molecule has 0 aromatic carbocycles. The molecule has 18 heteroatoms. The van der Waals surface area contributed by atoms with E-state index in [2.05, 4.69) is 48.7 Å². The summed E-state index contributed by atoms with van der Waals surface area (Å²) < 4.78 is 22.2. The van der Waals surface area contributed by atoms with Crippen molar-refractivity contribution in [1.29, 1.82) is 0 Å². The number of hydrogen-bond acceptors (Lipinski definition) is 15. The van der Waals surface area contributed by atoms with Gasteiger partial charge in [0.25, 0.3) is 0 Å². The summed E-state index contributed by atoms with van der Waals surface area (Å²) in [4.78, 5) is 56.0. The minimum absolute atomic E-state index is 0.0717. The highest BCUT2D eigenvalue weighted by Gasteiger charge is 2.33. The van der Waals surface area contributed by atoms with Gasteiger partial charge in [0.2, 0.25) is 17.7 Å². The largest absolute Gasteiger partial charge is 0.476 e. The van der Waals surface area contributed by atoms with Crippen LogP contribution in [0.15, 0.2) is 36.7 Å². The number of carbonyl (C=O) groups excluding carboxylic acids is 2. The summed E-state index contributed by atoms with van der Waals surface area (Å²) in [5.41, 5.74) is 15.1. The van der Waals surface area contributed by atoms with Crippen molar-refractivity contribution in [3.8, 4) is 17.9 Å². The second kappa shape index (κ2) is 19.5. The molecule has 0 bridgehead atoms. The van der Waals surface area contributed by atoms with Crippen LogP contribution in [-0.2, 0) is 40.3 Å². The van der Waals surface area contributed by atoms with Crippen molar-refractivity contribution in [1.82, 2.24) is 34.8 Å². The molecule has 4 aromatic heterocycles. The van der Waals surface area contributed by atoms with E-state index in [1.165, 1.54) is 0 Å². The molecule has 1 saturated heterocycles. The molecular formula is C38H48ClN11O6. The third kappa shape index (κ3) is 10.5. The van der Waals surface area contributed by atoms with Gasteiger partial charge in [-0.05, 0) is 30.0 Å². The van der Waals surface area contributed by atoms with Crippen LogP contribution in [0.4, 0.5) is 23.3 Å². The maximum atomic E-state index is 12.6. The maximum Gasteiger partial charge on any atom is 0.320 e. The molecular weight excluding hydrogens is 742 g/mol.